The Morgan fingerprint density at radius 2 is 1.51 bits per heavy atom. The lowest BCUT2D eigenvalue weighted by molar-refractivity contribution is -0.120. The van der Waals surface area contributed by atoms with E-state index < -0.39 is 27.9 Å². The third-order valence-corrected chi connectivity index (χ3v) is 6.18. The summed E-state index contributed by atoms with van der Waals surface area (Å²) in [5, 5.41) is 5.13. The van der Waals surface area contributed by atoms with Gasteiger partial charge in [-0.1, -0.05) is 29.8 Å². The van der Waals surface area contributed by atoms with Crippen molar-refractivity contribution < 1.29 is 31.7 Å². The van der Waals surface area contributed by atoms with Crippen LogP contribution in [0.4, 0.5) is 5.69 Å². The minimum atomic E-state index is -4.01. The number of amides is 2. The van der Waals surface area contributed by atoms with E-state index in [2.05, 4.69) is 10.6 Å². The maximum Gasteiger partial charge on any atom is 0.339 e. The lowest BCUT2D eigenvalue weighted by Crippen LogP contribution is -2.29. The number of carbonyl (C=O) groups is 3. The second kappa shape index (κ2) is 12.0. The van der Waals surface area contributed by atoms with Gasteiger partial charge in [0.05, 0.1) is 12.2 Å². The molecule has 0 heterocycles. The molecule has 3 rings (SSSR count). The van der Waals surface area contributed by atoms with Crippen LogP contribution in [0.2, 0.25) is 0 Å². The number of rotatable bonds is 9. The Morgan fingerprint density at radius 3 is 2.08 bits per heavy atom. The van der Waals surface area contributed by atoms with Crippen LogP contribution in [0.25, 0.3) is 6.08 Å². The van der Waals surface area contributed by atoms with E-state index in [1.165, 1.54) is 61.5 Å². The number of anilines is 1. The van der Waals surface area contributed by atoms with Crippen molar-refractivity contribution in [1.82, 2.24) is 5.32 Å². The molecule has 2 amide bonds. The van der Waals surface area contributed by atoms with Gasteiger partial charge in [0.25, 0.3) is 5.91 Å². The highest BCUT2D eigenvalue weighted by Crippen LogP contribution is 2.21. The van der Waals surface area contributed by atoms with E-state index in [0.717, 1.165) is 5.56 Å². The van der Waals surface area contributed by atoms with Crippen molar-refractivity contribution in [3.8, 4) is 5.75 Å². The Hall–Kier alpha value is -4.44. The summed E-state index contributed by atoms with van der Waals surface area (Å²) in [6.45, 7) is 5.07. The van der Waals surface area contributed by atoms with E-state index in [-0.39, 0.29) is 22.9 Å². The number of aryl methyl sites for hydroxylation is 1. The second-order valence-electron chi connectivity index (χ2n) is 7.91. The van der Waals surface area contributed by atoms with E-state index in [0.29, 0.717) is 16.8 Å². The van der Waals surface area contributed by atoms with Crippen LogP contribution >= 0.6 is 0 Å². The smallest absolute Gasteiger partial charge is 0.339 e. The van der Waals surface area contributed by atoms with Crippen LogP contribution in [-0.4, -0.2) is 32.8 Å². The molecule has 0 fully saturated rings. The standard InChI is InChI=1S/C27H26N2O7S/c1-4-35-27(32)21-9-11-22(12-10-21)29-26(31)25(28-19(3)30)17-20-7-13-23(14-8-20)36-37(33,34)24-15-5-18(2)6-16-24/h5-17H,4H2,1-3H3,(H,28,30)(H,29,31)/b25-17-. The average molecular weight is 523 g/mol. The summed E-state index contributed by atoms with van der Waals surface area (Å²) >= 11 is 0. The van der Waals surface area contributed by atoms with Crippen molar-refractivity contribution in [2.75, 3.05) is 11.9 Å². The van der Waals surface area contributed by atoms with E-state index in [1.807, 2.05) is 6.92 Å². The fourth-order valence-electron chi connectivity index (χ4n) is 3.12. The third kappa shape index (κ3) is 7.77. The predicted octanol–water partition coefficient (Wildman–Crippen LogP) is 4.06. The number of benzene rings is 3. The second-order valence-corrected chi connectivity index (χ2v) is 9.46. The summed E-state index contributed by atoms with van der Waals surface area (Å²) in [6.07, 6.45) is 1.43. The van der Waals surface area contributed by atoms with Crippen molar-refractivity contribution in [2.45, 2.75) is 25.7 Å². The number of hydrogen-bond donors (Lipinski definition) is 2. The zero-order valence-electron chi connectivity index (χ0n) is 20.5. The molecule has 0 saturated heterocycles. The quantitative estimate of drug-likeness (QED) is 0.246. The SMILES string of the molecule is CCOC(=O)c1ccc(NC(=O)/C(=C/c2ccc(OS(=O)(=O)c3ccc(C)cc3)cc2)NC(C)=O)cc1. The van der Waals surface area contributed by atoms with Crippen LogP contribution in [0.5, 0.6) is 5.75 Å². The lowest BCUT2D eigenvalue weighted by atomic mass is 10.1. The van der Waals surface area contributed by atoms with Gasteiger partial charge in [0.2, 0.25) is 5.91 Å². The Morgan fingerprint density at radius 1 is 0.892 bits per heavy atom. The molecule has 10 heteroatoms. The highest BCUT2D eigenvalue weighted by atomic mass is 32.2. The molecule has 0 aliphatic rings. The van der Waals surface area contributed by atoms with Crippen LogP contribution < -0.4 is 14.8 Å². The van der Waals surface area contributed by atoms with E-state index in [1.54, 1.807) is 31.2 Å². The van der Waals surface area contributed by atoms with Gasteiger partial charge in [-0.25, -0.2) is 4.79 Å². The summed E-state index contributed by atoms with van der Waals surface area (Å²) in [4.78, 5) is 36.3. The molecule has 2 N–H and O–H groups in total. The van der Waals surface area contributed by atoms with E-state index in [4.69, 9.17) is 8.92 Å². The molecule has 0 aliphatic heterocycles. The molecule has 0 aliphatic carbocycles. The van der Waals surface area contributed by atoms with Gasteiger partial charge < -0.3 is 19.6 Å². The summed E-state index contributed by atoms with van der Waals surface area (Å²) < 4.78 is 35.1. The van der Waals surface area contributed by atoms with Crippen LogP contribution in [0.3, 0.4) is 0 Å². The number of carbonyl (C=O) groups excluding carboxylic acids is 3. The van der Waals surface area contributed by atoms with Gasteiger partial charge in [0.1, 0.15) is 16.3 Å². The fraction of sp³-hybridized carbons (Fsp3) is 0.148. The van der Waals surface area contributed by atoms with Gasteiger partial charge in [-0.05, 0) is 74.0 Å². The van der Waals surface area contributed by atoms with Crippen LogP contribution in [-0.2, 0) is 24.4 Å². The first kappa shape index (κ1) is 27.2. The molecular weight excluding hydrogens is 496 g/mol. The monoisotopic (exact) mass is 522 g/mol. The molecule has 9 nitrogen and oxygen atoms in total. The minimum Gasteiger partial charge on any atom is -0.462 e. The molecule has 0 saturated carbocycles. The van der Waals surface area contributed by atoms with Crippen molar-refractivity contribution in [3.63, 3.8) is 0 Å². The molecular formula is C27H26N2O7S. The van der Waals surface area contributed by atoms with Gasteiger partial charge in [-0.3, -0.25) is 9.59 Å². The zero-order valence-corrected chi connectivity index (χ0v) is 21.3. The predicted molar refractivity (Wildman–Crippen MR) is 138 cm³/mol. The van der Waals surface area contributed by atoms with Gasteiger partial charge >= 0.3 is 16.1 Å². The lowest BCUT2D eigenvalue weighted by Gasteiger charge is -2.11. The van der Waals surface area contributed by atoms with Crippen LogP contribution in [0.1, 0.15) is 35.3 Å². The number of hydrogen-bond acceptors (Lipinski definition) is 7. The van der Waals surface area contributed by atoms with Crippen LogP contribution in [0, 0.1) is 6.92 Å². The minimum absolute atomic E-state index is 0.0296. The Bertz CT molecular complexity index is 1410. The first-order chi connectivity index (χ1) is 17.6. The molecule has 0 radical (unpaired) electrons. The first-order valence-corrected chi connectivity index (χ1v) is 12.7. The maximum atomic E-state index is 12.8. The molecule has 192 valence electrons. The van der Waals surface area contributed by atoms with Crippen molar-refractivity contribution in [2.24, 2.45) is 0 Å². The summed E-state index contributed by atoms with van der Waals surface area (Å²) in [5.74, 6) is -1.44. The molecule has 0 bridgehead atoms. The average Bonchev–Trinajstić information content (AvgIpc) is 2.85. The molecule has 3 aromatic rings. The molecule has 37 heavy (non-hydrogen) atoms. The summed E-state index contributed by atoms with van der Waals surface area (Å²) in [7, 11) is -4.01. The molecule has 0 spiro atoms. The van der Waals surface area contributed by atoms with Gasteiger partial charge in [-0.15, -0.1) is 0 Å². The molecule has 3 aromatic carbocycles. The Kier molecular flexibility index (Phi) is 8.81. The first-order valence-electron chi connectivity index (χ1n) is 11.3. The highest BCUT2D eigenvalue weighted by molar-refractivity contribution is 7.87. The summed E-state index contributed by atoms with van der Waals surface area (Å²) in [6, 6.07) is 18.3. The van der Waals surface area contributed by atoms with Crippen LogP contribution in [0.15, 0.2) is 83.4 Å². The zero-order chi connectivity index (χ0) is 27.0. The largest absolute Gasteiger partial charge is 0.462 e. The Balaban J connectivity index is 1.74. The van der Waals surface area contributed by atoms with E-state index >= 15 is 0 Å². The summed E-state index contributed by atoms with van der Waals surface area (Å²) in [5.41, 5.74) is 2.13. The fourth-order valence-corrected chi connectivity index (χ4v) is 4.05. The number of esters is 1. The van der Waals surface area contributed by atoms with Crippen molar-refractivity contribution >= 4 is 39.7 Å². The normalized spacial score (nSPS) is 11.4. The van der Waals surface area contributed by atoms with Gasteiger partial charge in [-0.2, -0.15) is 8.42 Å². The molecule has 0 aromatic heterocycles. The van der Waals surface area contributed by atoms with Crippen molar-refractivity contribution in [3.05, 3.63) is 95.2 Å². The highest BCUT2D eigenvalue weighted by Gasteiger charge is 2.17. The molecule has 0 atom stereocenters. The maximum absolute atomic E-state index is 12.8. The van der Waals surface area contributed by atoms with E-state index in [9.17, 15) is 22.8 Å². The Labute approximate surface area is 215 Å². The number of nitrogens with one attached hydrogen (secondary N) is 2. The third-order valence-electron chi connectivity index (χ3n) is 4.92. The topological polar surface area (TPSA) is 128 Å². The number of ether oxygens (including phenoxy) is 1. The van der Waals surface area contributed by atoms with Crippen molar-refractivity contribution in [1.29, 1.82) is 0 Å². The van der Waals surface area contributed by atoms with Gasteiger partial charge in [0, 0.05) is 12.6 Å². The van der Waals surface area contributed by atoms with Gasteiger partial charge in [0.15, 0.2) is 0 Å². The molecule has 0 unspecified atom stereocenters.